The third-order valence-electron chi connectivity index (χ3n) is 4.04. The van der Waals surface area contributed by atoms with E-state index in [2.05, 4.69) is 0 Å². The molecule has 0 aliphatic carbocycles. The van der Waals surface area contributed by atoms with Gasteiger partial charge in [-0.3, -0.25) is 10.0 Å². The van der Waals surface area contributed by atoms with Crippen LogP contribution in [0.4, 0.5) is 0 Å². The van der Waals surface area contributed by atoms with Crippen LogP contribution in [-0.4, -0.2) is 41.5 Å². The van der Waals surface area contributed by atoms with E-state index in [1.807, 2.05) is 27.7 Å². The number of carbonyl (C=O) groups is 1. The zero-order valence-corrected chi connectivity index (χ0v) is 13.6. The summed E-state index contributed by atoms with van der Waals surface area (Å²) in [6.45, 7) is 7.82. The minimum Gasteiger partial charge on any atom is -0.399 e. The lowest BCUT2D eigenvalue weighted by Gasteiger charge is -2.32. The van der Waals surface area contributed by atoms with Crippen LogP contribution in [0.15, 0.2) is 18.2 Å². The van der Waals surface area contributed by atoms with Gasteiger partial charge in [-0.15, -0.1) is 0 Å². The van der Waals surface area contributed by atoms with Gasteiger partial charge in [0.05, 0.1) is 21.8 Å². The molecule has 114 valence electrons. The van der Waals surface area contributed by atoms with Crippen LogP contribution in [0.5, 0.6) is 0 Å². The average molecular weight is 312 g/mol. The van der Waals surface area contributed by atoms with Crippen molar-refractivity contribution in [2.24, 2.45) is 0 Å². The van der Waals surface area contributed by atoms with E-state index in [0.717, 1.165) is 0 Å². The van der Waals surface area contributed by atoms with Crippen molar-refractivity contribution in [1.29, 1.82) is 0 Å². The Morgan fingerprint density at radius 3 is 2.24 bits per heavy atom. The van der Waals surface area contributed by atoms with Gasteiger partial charge in [-0.05, 0) is 45.3 Å². The van der Waals surface area contributed by atoms with Crippen molar-refractivity contribution in [2.45, 2.75) is 38.9 Å². The number of amides is 1. The second-order valence-electron chi connectivity index (χ2n) is 6.16. The normalized spacial score (nSPS) is 19.7. The van der Waals surface area contributed by atoms with E-state index in [9.17, 15) is 10.0 Å². The number of rotatable bonds is 2. The first-order valence-corrected chi connectivity index (χ1v) is 7.05. The highest BCUT2D eigenvalue weighted by Crippen LogP contribution is 2.36. The fourth-order valence-corrected chi connectivity index (χ4v) is 2.21. The molecule has 1 aliphatic heterocycles. The number of hydroxylamine groups is 2. The number of hydrogen-bond donors (Lipinski definition) is 1. The molecule has 0 radical (unpaired) electrons. The van der Waals surface area contributed by atoms with Crippen LogP contribution in [0, 0.1) is 0 Å². The van der Waals surface area contributed by atoms with Crippen LogP contribution in [0.1, 0.15) is 38.1 Å². The maximum Gasteiger partial charge on any atom is 0.494 e. The van der Waals surface area contributed by atoms with Gasteiger partial charge in [-0.2, -0.15) is 0 Å². The third-order valence-corrected chi connectivity index (χ3v) is 4.37. The number of benzene rings is 1. The van der Waals surface area contributed by atoms with E-state index in [0.29, 0.717) is 10.5 Å². The second kappa shape index (κ2) is 5.28. The fourth-order valence-electron chi connectivity index (χ4n) is 2.01. The van der Waals surface area contributed by atoms with Crippen LogP contribution < -0.4 is 5.46 Å². The molecule has 1 N–H and O–H groups in total. The molecule has 0 spiro atoms. The summed E-state index contributed by atoms with van der Waals surface area (Å²) in [5, 5.41) is 10.0. The first-order chi connectivity index (χ1) is 9.55. The zero-order chi connectivity index (χ0) is 16.0. The smallest absolute Gasteiger partial charge is 0.399 e. The van der Waals surface area contributed by atoms with Crippen molar-refractivity contribution in [2.75, 3.05) is 7.05 Å². The molecule has 21 heavy (non-hydrogen) atoms. The predicted molar refractivity (Wildman–Crippen MR) is 81.0 cm³/mol. The Balaban J connectivity index is 2.35. The zero-order valence-electron chi connectivity index (χ0n) is 12.8. The maximum atomic E-state index is 11.9. The molecule has 0 aromatic heterocycles. The highest BCUT2D eigenvalue weighted by atomic mass is 35.5. The van der Waals surface area contributed by atoms with Crippen molar-refractivity contribution in [3.63, 3.8) is 0 Å². The Hall–Kier alpha value is -1.08. The van der Waals surface area contributed by atoms with Crippen LogP contribution in [0.3, 0.4) is 0 Å². The highest BCUT2D eigenvalue weighted by molar-refractivity contribution is 6.62. The predicted octanol–water partition coefficient (Wildman–Crippen LogP) is 2.10. The van der Waals surface area contributed by atoms with Crippen molar-refractivity contribution < 1.29 is 19.3 Å². The monoisotopic (exact) mass is 311 g/mol. The van der Waals surface area contributed by atoms with E-state index in [-0.39, 0.29) is 10.6 Å². The second-order valence-corrected chi connectivity index (χ2v) is 6.56. The van der Waals surface area contributed by atoms with Gasteiger partial charge in [-0.1, -0.05) is 17.7 Å². The average Bonchev–Trinajstić information content (AvgIpc) is 2.58. The van der Waals surface area contributed by atoms with Gasteiger partial charge in [0.15, 0.2) is 0 Å². The maximum absolute atomic E-state index is 11.9. The summed E-state index contributed by atoms with van der Waals surface area (Å²) in [5.41, 5.74) is -0.0399. The third kappa shape index (κ3) is 2.94. The molecule has 0 bridgehead atoms. The molecular weight excluding hydrogens is 292 g/mol. The Labute approximate surface area is 129 Å². The summed E-state index contributed by atoms with van der Waals surface area (Å²) < 4.78 is 11.9. The first kappa shape index (κ1) is 16.3. The largest absolute Gasteiger partial charge is 0.494 e. The van der Waals surface area contributed by atoms with Crippen LogP contribution >= 0.6 is 11.6 Å². The number of nitrogens with zero attached hydrogens (tertiary/aromatic N) is 1. The Morgan fingerprint density at radius 1 is 1.24 bits per heavy atom. The molecule has 0 saturated carbocycles. The van der Waals surface area contributed by atoms with Crippen LogP contribution in [-0.2, 0) is 9.31 Å². The molecule has 1 amide bonds. The molecule has 2 rings (SSSR count). The van der Waals surface area contributed by atoms with Crippen molar-refractivity contribution in [1.82, 2.24) is 5.06 Å². The van der Waals surface area contributed by atoms with Gasteiger partial charge in [-0.25, -0.2) is 5.06 Å². The van der Waals surface area contributed by atoms with Gasteiger partial charge in [0, 0.05) is 7.05 Å². The summed E-state index contributed by atoms with van der Waals surface area (Å²) in [5.74, 6) is -0.585. The van der Waals surface area contributed by atoms with Crippen molar-refractivity contribution >= 4 is 30.1 Å². The van der Waals surface area contributed by atoms with E-state index in [1.165, 1.54) is 7.05 Å². The van der Waals surface area contributed by atoms with Gasteiger partial charge in [0.25, 0.3) is 5.91 Å². The number of hydrogen-bond acceptors (Lipinski definition) is 4. The summed E-state index contributed by atoms with van der Waals surface area (Å²) >= 11 is 6.01. The topological polar surface area (TPSA) is 59.0 Å². The molecule has 1 aromatic rings. The number of carbonyl (C=O) groups excluding carboxylic acids is 1. The van der Waals surface area contributed by atoms with Gasteiger partial charge in [0.1, 0.15) is 0 Å². The lowest BCUT2D eigenvalue weighted by Crippen LogP contribution is -2.41. The molecule has 0 atom stereocenters. The van der Waals surface area contributed by atoms with Gasteiger partial charge in [0.2, 0.25) is 0 Å². The molecule has 1 aliphatic rings. The standard InChI is InChI=1S/C14H19BClNO4/c1-13(2)14(3,4)21-15(20-13)9-6-7-11(16)10(8-9)12(18)17(5)19/h6-8,19H,1-5H3. The number of halogens is 1. The lowest BCUT2D eigenvalue weighted by atomic mass is 9.78. The molecule has 1 heterocycles. The quantitative estimate of drug-likeness (QED) is 0.516. The van der Waals surface area contributed by atoms with Crippen molar-refractivity contribution in [3.8, 4) is 0 Å². The lowest BCUT2D eigenvalue weighted by molar-refractivity contribution is -0.0374. The highest BCUT2D eigenvalue weighted by Gasteiger charge is 2.51. The minimum absolute atomic E-state index is 0.203. The Bertz CT molecular complexity index is 558. The molecular formula is C14H19BClNO4. The van der Waals surface area contributed by atoms with Crippen LogP contribution in [0.25, 0.3) is 0 Å². The molecule has 0 unspecified atom stereocenters. The molecule has 1 saturated heterocycles. The van der Waals surface area contributed by atoms with E-state index >= 15 is 0 Å². The summed E-state index contributed by atoms with van der Waals surface area (Å²) in [6, 6.07) is 4.93. The van der Waals surface area contributed by atoms with Gasteiger partial charge < -0.3 is 9.31 Å². The summed E-state index contributed by atoms with van der Waals surface area (Å²) in [7, 11) is 0.669. The van der Waals surface area contributed by atoms with E-state index < -0.39 is 24.2 Å². The van der Waals surface area contributed by atoms with Gasteiger partial charge >= 0.3 is 7.12 Å². The van der Waals surface area contributed by atoms with E-state index in [1.54, 1.807) is 18.2 Å². The fraction of sp³-hybridized carbons (Fsp3) is 0.500. The molecule has 5 nitrogen and oxygen atoms in total. The Kier molecular flexibility index (Phi) is 4.10. The molecule has 1 aromatic carbocycles. The first-order valence-electron chi connectivity index (χ1n) is 6.67. The summed E-state index contributed by atoms with van der Waals surface area (Å²) in [4.78, 5) is 11.9. The van der Waals surface area contributed by atoms with E-state index in [4.69, 9.17) is 20.9 Å². The summed E-state index contributed by atoms with van der Waals surface area (Å²) in [6.07, 6.45) is 0. The van der Waals surface area contributed by atoms with Crippen molar-refractivity contribution in [3.05, 3.63) is 28.8 Å². The Morgan fingerprint density at radius 2 is 1.76 bits per heavy atom. The molecule has 1 fully saturated rings. The molecule has 7 heteroatoms. The SMILES string of the molecule is CN(O)C(=O)c1cc(B2OC(C)(C)C(C)(C)O2)ccc1Cl. The minimum atomic E-state index is -0.585. The van der Waals surface area contributed by atoms with Crippen LogP contribution in [0.2, 0.25) is 5.02 Å².